The first-order valence-electron chi connectivity index (χ1n) is 11.0. The predicted octanol–water partition coefficient (Wildman–Crippen LogP) is 5.11. The highest BCUT2D eigenvalue weighted by Gasteiger charge is 2.53. The fraction of sp³-hybridized carbons (Fsp3) is 0.360. The van der Waals surface area contributed by atoms with Crippen LogP contribution in [-0.4, -0.2) is 39.6 Å². The van der Waals surface area contributed by atoms with Crippen LogP contribution in [0.4, 0.5) is 0 Å². The van der Waals surface area contributed by atoms with Crippen molar-refractivity contribution in [3.05, 3.63) is 69.2 Å². The topological polar surface area (TPSA) is 74.8 Å². The highest BCUT2D eigenvalue weighted by atomic mass is 35.5. The number of carbonyl (C=O) groups is 4. The maximum Gasteiger partial charge on any atom is 0.275 e. The van der Waals surface area contributed by atoms with Crippen molar-refractivity contribution in [2.24, 2.45) is 11.8 Å². The van der Waals surface area contributed by atoms with Gasteiger partial charge in [-0.2, -0.15) is 5.01 Å². The zero-order valence-corrected chi connectivity index (χ0v) is 19.9. The van der Waals surface area contributed by atoms with Gasteiger partial charge in [0.2, 0.25) is 0 Å². The van der Waals surface area contributed by atoms with Crippen molar-refractivity contribution >= 4 is 46.7 Å². The Labute approximate surface area is 202 Å². The van der Waals surface area contributed by atoms with Crippen LogP contribution in [0, 0.1) is 18.8 Å². The van der Waals surface area contributed by atoms with E-state index in [1.54, 1.807) is 24.3 Å². The van der Waals surface area contributed by atoms with Crippen LogP contribution in [-0.2, 0) is 9.59 Å². The lowest BCUT2D eigenvalue weighted by Crippen LogP contribution is -2.56. The Hall–Kier alpha value is -2.70. The average molecular weight is 487 g/mol. The number of amides is 3. The molecule has 1 saturated carbocycles. The van der Waals surface area contributed by atoms with Gasteiger partial charge in [0.25, 0.3) is 17.7 Å². The summed E-state index contributed by atoms with van der Waals surface area (Å²) < 4.78 is 0. The third kappa shape index (κ3) is 4.30. The van der Waals surface area contributed by atoms with Gasteiger partial charge in [0.05, 0.1) is 22.4 Å². The van der Waals surface area contributed by atoms with Crippen molar-refractivity contribution in [1.82, 2.24) is 10.0 Å². The van der Waals surface area contributed by atoms with Crippen LogP contribution in [0.3, 0.4) is 0 Å². The minimum atomic E-state index is -1.11. The van der Waals surface area contributed by atoms with Crippen molar-refractivity contribution < 1.29 is 19.2 Å². The molecule has 2 aromatic carbocycles. The van der Waals surface area contributed by atoms with Gasteiger partial charge >= 0.3 is 0 Å². The third-order valence-electron chi connectivity index (χ3n) is 6.49. The SMILES string of the molecule is Cc1ccc(C(=O)[C@H](C)N(C(=O)c2ccc(Cl)cc2Cl)N2C(=O)[C@@H]3CCCC[C@H]3C2=O)cc1. The molecule has 2 aliphatic rings. The van der Waals surface area contributed by atoms with Crippen LogP contribution in [0.1, 0.15) is 58.9 Å². The van der Waals surface area contributed by atoms with E-state index in [1.807, 2.05) is 6.92 Å². The zero-order valence-electron chi connectivity index (χ0n) is 18.4. The quantitative estimate of drug-likeness (QED) is 0.434. The number of Topliss-reactive ketones (excluding diaryl/α,β-unsaturated/α-hetero) is 1. The van der Waals surface area contributed by atoms with E-state index in [4.69, 9.17) is 23.2 Å². The lowest BCUT2D eigenvalue weighted by Gasteiger charge is -2.35. The number of hydrogen-bond acceptors (Lipinski definition) is 4. The summed E-state index contributed by atoms with van der Waals surface area (Å²) in [5.41, 5.74) is 1.42. The molecule has 4 rings (SSSR count). The molecule has 2 fully saturated rings. The summed E-state index contributed by atoms with van der Waals surface area (Å²) in [6.45, 7) is 3.42. The third-order valence-corrected chi connectivity index (χ3v) is 7.03. The van der Waals surface area contributed by atoms with Gasteiger partial charge < -0.3 is 0 Å². The van der Waals surface area contributed by atoms with Crippen LogP contribution >= 0.6 is 23.2 Å². The molecule has 1 aliphatic carbocycles. The number of carbonyl (C=O) groups excluding carboxylic acids is 4. The van der Waals surface area contributed by atoms with Gasteiger partial charge in [-0.05, 0) is 44.9 Å². The minimum absolute atomic E-state index is 0.0556. The number of hydrogen-bond donors (Lipinski definition) is 0. The molecule has 0 spiro atoms. The summed E-state index contributed by atoms with van der Waals surface area (Å²) in [5.74, 6) is -2.90. The van der Waals surface area contributed by atoms with Crippen LogP contribution in [0.15, 0.2) is 42.5 Å². The maximum atomic E-state index is 13.7. The maximum absolute atomic E-state index is 13.7. The summed E-state index contributed by atoms with van der Waals surface area (Å²) in [6.07, 6.45) is 2.89. The fourth-order valence-corrected chi connectivity index (χ4v) is 5.14. The smallest absolute Gasteiger partial charge is 0.275 e. The molecule has 1 aliphatic heterocycles. The van der Waals surface area contributed by atoms with E-state index in [9.17, 15) is 19.2 Å². The normalized spacial score (nSPS) is 21.0. The number of rotatable bonds is 5. The van der Waals surface area contributed by atoms with Crippen molar-refractivity contribution in [1.29, 1.82) is 0 Å². The van der Waals surface area contributed by atoms with Gasteiger partial charge in [-0.3, -0.25) is 19.2 Å². The monoisotopic (exact) mass is 486 g/mol. The lowest BCUT2D eigenvalue weighted by atomic mass is 9.81. The molecule has 8 heteroatoms. The Morgan fingerprint density at radius 2 is 1.55 bits per heavy atom. The van der Waals surface area contributed by atoms with Gasteiger partial charge in [0.1, 0.15) is 6.04 Å². The van der Waals surface area contributed by atoms with Gasteiger partial charge in [-0.1, -0.05) is 65.9 Å². The first-order chi connectivity index (χ1) is 15.7. The highest BCUT2D eigenvalue weighted by Crippen LogP contribution is 2.40. The number of ketones is 1. The largest absolute Gasteiger partial charge is 0.292 e. The van der Waals surface area contributed by atoms with Crippen LogP contribution < -0.4 is 0 Å². The Morgan fingerprint density at radius 1 is 0.970 bits per heavy atom. The van der Waals surface area contributed by atoms with Crippen LogP contribution in [0.2, 0.25) is 10.0 Å². The van der Waals surface area contributed by atoms with E-state index in [-0.39, 0.29) is 16.4 Å². The molecule has 0 bridgehead atoms. The zero-order chi connectivity index (χ0) is 23.9. The van der Waals surface area contributed by atoms with Crippen molar-refractivity contribution in [2.45, 2.75) is 45.6 Å². The first-order valence-corrected chi connectivity index (χ1v) is 11.7. The van der Waals surface area contributed by atoms with Crippen LogP contribution in [0.5, 0.6) is 0 Å². The Bertz CT molecular complexity index is 1110. The molecule has 0 radical (unpaired) electrons. The Morgan fingerprint density at radius 3 is 2.09 bits per heavy atom. The van der Waals surface area contributed by atoms with E-state index in [0.29, 0.717) is 23.4 Å². The second-order valence-electron chi connectivity index (χ2n) is 8.67. The molecule has 1 saturated heterocycles. The first kappa shape index (κ1) is 23.5. The summed E-state index contributed by atoms with van der Waals surface area (Å²) in [4.78, 5) is 53.7. The molecule has 2 aromatic rings. The highest BCUT2D eigenvalue weighted by molar-refractivity contribution is 6.36. The second kappa shape index (κ2) is 9.27. The molecular weight excluding hydrogens is 463 g/mol. The van der Waals surface area contributed by atoms with E-state index >= 15 is 0 Å². The fourth-order valence-electron chi connectivity index (χ4n) is 4.65. The van der Waals surface area contributed by atoms with E-state index in [2.05, 4.69) is 0 Å². The Kier molecular flexibility index (Phi) is 6.59. The predicted molar refractivity (Wildman–Crippen MR) is 125 cm³/mol. The van der Waals surface area contributed by atoms with Gasteiger partial charge in [-0.25, -0.2) is 5.01 Å². The van der Waals surface area contributed by atoms with Crippen molar-refractivity contribution in [3.8, 4) is 0 Å². The number of hydrazine groups is 1. The minimum Gasteiger partial charge on any atom is -0.292 e. The lowest BCUT2D eigenvalue weighted by molar-refractivity contribution is -0.156. The van der Waals surface area contributed by atoms with Crippen LogP contribution in [0.25, 0.3) is 0 Å². The number of halogens is 2. The van der Waals surface area contributed by atoms with E-state index in [0.717, 1.165) is 28.4 Å². The Balaban J connectivity index is 1.77. The van der Waals surface area contributed by atoms with E-state index < -0.39 is 35.6 Å². The van der Waals surface area contributed by atoms with Crippen molar-refractivity contribution in [3.63, 3.8) is 0 Å². The van der Waals surface area contributed by atoms with Gasteiger partial charge in [-0.15, -0.1) is 0 Å². The molecule has 0 aromatic heterocycles. The molecule has 6 nitrogen and oxygen atoms in total. The summed E-state index contributed by atoms with van der Waals surface area (Å²) in [6, 6.07) is 10.2. The molecule has 3 atom stereocenters. The summed E-state index contributed by atoms with van der Waals surface area (Å²) >= 11 is 12.3. The molecule has 0 unspecified atom stereocenters. The number of imide groups is 1. The second-order valence-corrected chi connectivity index (χ2v) is 9.51. The average Bonchev–Trinajstić information content (AvgIpc) is 3.04. The summed E-state index contributed by atoms with van der Waals surface area (Å²) in [7, 11) is 0. The molecular formula is C25H24Cl2N2O4. The number of aryl methyl sites for hydroxylation is 1. The standard InChI is InChI=1S/C25H24Cl2N2O4/c1-14-7-9-16(10-8-14)22(30)15(2)28(25(33)20-12-11-17(26)13-21(20)27)29-23(31)18-5-3-4-6-19(18)24(29)32/h7-13,15,18-19H,3-6H2,1-2H3/t15-,18+,19+/m0/s1. The number of fused-ring (bicyclic) bond motifs is 1. The molecule has 3 amide bonds. The summed E-state index contributed by atoms with van der Waals surface area (Å²) in [5, 5.41) is 2.29. The molecule has 1 heterocycles. The number of nitrogens with zero attached hydrogens (tertiary/aromatic N) is 2. The van der Waals surface area contributed by atoms with Gasteiger partial charge in [0.15, 0.2) is 5.78 Å². The van der Waals surface area contributed by atoms with Gasteiger partial charge in [0, 0.05) is 10.6 Å². The molecule has 172 valence electrons. The van der Waals surface area contributed by atoms with E-state index in [1.165, 1.54) is 25.1 Å². The van der Waals surface area contributed by atoms with Crippen molar-refractivity contribution in [2.75, 3.05) is 0 Å². The number of benzene rings is 2. The molecule has 0 N–H and O–H groups in total. The molecule has 33 heavy (non-hydrogen) atoms.